The first-order valence-electron chi connectivity index (χ1n) is 23.3. The molecule has 73 heavy (non-hydrogen) atoms. The summed E-state index contributed by atoms with van der Waals surface area (Å²) in [5, 5.41) is 10.9. The standard InChI is InChI=1S/C57H51N5O9S2/c1-5-68-45(63)34-22-21-27-40-35-62-52(66)48(53(62)73-50(40)54(67)70-49(38-23-11-6-12-24-38)39-25-13-7-14-26-39)59-51(65)47(61-69-36-46(64)71-56(2,3)4)44-37-72-55(58-44)60-57(41-28-15-8-16-29-41,42-30-17-9-18-31-42)43-32-19-10-20-33-43/h6-21,23-33,35,37,48-50,53H,5,36H2,1-4H3,(H,58,60)(H,59,65)/b27-21+,61-47-/t48-,50?,53-/m1/s1. The lowest BCUT2D eigenvalue weighted by molar-refractivity contribution is -0.160. The molecule has 8 rings (SSSR count). The number of ether oxygens (including phenoxy) is 3. The molecule has 1 saturated heterocycles. The van der Waals surface area contributed by atoms with E-state index >= 15 is 0 Å². The van der Waals surface area contributed by atoms with Crippen LogP contribution in [-0.2, 0) is 48.6 Å². The highest BCUT2D eigenvalue weighted by Crippen LogP contribution is 2.43. The summed E-state index contributed by atoms with van der Waals surface area (Å²) in [5.74, 6) is 1.61. The van der Waals surface area contributed by atoms with Crippen LogP contribution in [0.1, 0.15) is 67.3 Å². The molecule has 0 saturated carbocycles. The van der Waals surface area contributed by atoms with Gasteiger partial charge in [0, 0.05) is 17.5 Å². The minimum absolute atomic E-state index is 0.0859. The number of nitrogens with zero attached hydrogens (tertiary/aromatic N) is 3. The van der Waals surface area contributed by atoms with Gasteiger partial charge in [0.25, 0.3) is 11.8 Å². The van der Waals surface area contributed by atoms with Crippen molar-refractivity contribution in [3.63, 3.8) is 0 Å². The minimum Gasteiger partial charge on any atom is -0.457 e. The molecule has 0 spiro atoms. The topological polar surface area (TPSA) is 175 Å². The Morgan fingerprint density at radius 3 is 1.89 bits per heavy atom. The van der Waals surface area contributed by atoms with Crippen molar-refractivity contribution < 1.29 is 43.0 Å². The molecular formula is C57H51N5O9S2. The number of hydrogen-bond acceptors (Lipinski definition) is 14. The van der Waals surface area contributed by atoms with Gasteiger partial charge < -0.3 is 34.6 Å². The number of rotatable bonds is 17. The number of amides is 2. The summed E-state index contributed by atoms with van der Waals surface area (Å²) in [5.41, 5.74) is 2.59. The average Bonchev–Trinajstić information content (AvgIpc) is 3.87. The van der Waals surface area contributed by atoms with Crippen molar-refractivity contribution in [2.24, 2.45) is 5.16 Å². The fourth-order valence-corrected chi connectivity index (χ4v) is 10.3. The number of β-lactam (4-membered cyclic amide) rings is 1. The predicted molar refractivity (Wildman–Crippen MR) is 280 cm³/mol. The van der Waals surface area contributed by atoms with E-state index in [1.165, 1.54) is 34.6 Å². The zero-order chi connectivity index (χ0) is 51.4. The SMILES string of the molecule is CCOC(=O)C#C/C=C/C1=CN2C(=O)[C@@H](NC(=O)/C(=N\OCC(=O)OC(C)(C)C)c3csc(NC(c4ccccc4)(c4ccccc4)c4ccccc4)n3)[C@H]2SC1C(=O)OC(c1ccccc1)c1ccccc1. The maximum Gasteiger partial charge on any atom is 0.384 e. The van der Waals surface area contributed by atoms with E-state index in [9.17, 15) is 24.0 Å². The summed E-state index contributed by atoms with van der Waals surface area (Å²) in [6.07, 6.45) is 3.65. The highest BCUT2D eigenvalue weighted by Gasteiger charge is 2.53. The number of esters is 3. The number of oxime groups is 1. The quantitative estimate of drug-likeness (QED) is 0.0130. The molecule has 16 heteroatoms. The number of allylic oxidation sites excluding steroid dienone is 2. The average molecular weight is 1010 g/mol. The van der Waals surface area contributed by atoms with Crippen LogP contribution in [0.4, 0.5) is 5.13 Å². The van der Waals surface area contributed by atoms with Crippen molar-refractivity contribution in [2.75, 3.05) is 18.5 Å². The fourth-order valence-electron chi connectivity index (χ4n) is 8.15. The number of hydrogen-bond donors (Lipinski definition) is 2. The van der Waals surface area contributed by atoms with Crippen molar-refractivity contribution in [2.45, 2.75) is 61.6 Å². The van der Waals surface area contributed by atoms with Gasteiger partial charge in [-0.3, -0.25) is 14.4 Å². The second kappa shape index (κ2) is 23.3. The van der Waals surface area contributed by atoms with Gasteiger partial charge in [-0.1, -0.05) is 163 Å². The maximum atomic E-state index is 14.6. The molecule has 370 valence electrons. The summed E-state index contributed by atoms with van der Waals surface area (Å²) in [4.78, 5) is 79.6. The van der Waals surface area contributed by atoms with E-state index in [-0.39, 0.29) is 18.0 Å². The molecule has 0 bridgehead atoms. The number of aromatic nitrogens is 1. The van der Waals surface area contributed by atoms with E-state index < -0.39 is 70.2 Å². The Hall–Kier alpha value is -8.26. The monoisotopic (exact) mass is 1010 g/mol. The largest absolute Gasteiger partial charge is 0.457 e. The molecule has 0 aliphatic carbocycles. The second-order valence-corrected chi connectivity index (χ2v) is 19.6. The first-order valence-corrected chi connectivity index (χ1v) is 25.1. The molecule has 1 unspecified atom stereocenters. The number of thiazole rings is 1. The van der Waals surface area contributed by atoms with Crippen molar-refractivity contribution in [3.8, 4) is 11.8 Å². The molecule has 1 aromatic heterocycles. The summed E-state index contributed by atoms with van der Waals surface area (Å²) >= 11 is 2.31. The molecule has 2 amide bonds. The third-order valence-corrected chi connectivity index (χ3v) is 13.6. The van der Waals surface area contributed by atoms with Crippen LogP contribution in [0.5, 0.6) is 0 Å². The van der Waals surface area contributed by atoms with Crippen LogP contribution in [0, 0.1) is 11.8 Å². The Morgan fingerprint density at radius 2 is 1.36 bits per heavy atom. The molecule has 0 radical (unpaired) electrons. The van der Waals surface area contributed by atoms with E-state index in [1.54, 1.807) is 33.1 Å². The maximum absolute atomic E-state index is 14.6. The smallest absolute Gasteiger partial charge is 0.384 e. The lowest BCUT2D eigenvalue weighted by Gasteiger charge is -2.48. The van der Waals surface area contributed by atoms with Crippen molar-refractivity contribution in [1.29, 1.82) is 0 Å². The Kier molecular flexibility index (Phi) is 16.3. The summed E-state index contributed by atoms with van der Waals surface area (Å²) < 4.78 is 16.6. The number of thioether (sulfide) groups is 1. The van der Waals surface area contributed by atoms with Crippen molar-refractivity contribution in [1.82, 2.24) is 15.2 Å². The third-order valence-electron chi connectivity index (χ3n) is 11.3. The normalized spacial score (nSPS) is 16.5. The minimum atomic E-state index is -1.16. The van der Waals surface area contributed by atoms with Gasteiger partial charge in [-0.05, 0) is 73.2 Å². The number of carbonyl (C=O) groups is 5. The van der Waals surface area contributed by atoms with Crippen LogP contribution in [0.15, 0.2) is 186 Å². The van der Waals surface area contributed by atoms with Crippen molar-refractivity contribution >= 4 is 63.7 Å². The van der Waals surface area contributed by atoms with Gasteiger partial charge in [-0.2, -0.15) is 0 Å². The zero-order valence-corrected chi connectivity index (χ0v) is 41.9. The van der Waals surface area contributed by atoms with E-state index in [2.05, 4.69) is 27.6 Å². The number of nitrogens with one attached hydrogen (secondary N) is 2. The van der Waals surface area contributed by atoms with Gasteiger partial charge in [-0.25, -0.2) is 14.6 Å². The number of fused-ring (bicyclic) bond motifs is 1. The Labute approximate surface area is 431 Å². The molecule has 5 aromatic carbocycles. The predicted octanol–water partition coefficient (Wildman–Crippen LogP) is 8.72. The second-order valence-electron chi connectivity index (χ2n) is 17.5. The van der Waals surface area contributed by atoms with Gasteiger partial charge in [0.15, 0.2) is 16.9 Å². The summed E-state index contributed by atoms with van der Waals surface area (Å²) in [6.45, 7) is 6.33. The highest BCUT2D eigenvalue weighted by atomic mass is 32.2. The Balaban J connectivity index is 1.10. The van der Waals surface area contributed by atoms with Gasteiger partial charge in [0.1, 0.15) is 33.5 Å². The Bertz CT molecular complexity index is 2940. The number of benzene rings is 5. The third kappa shape index (κ3) is 12.3. The van der Waals surface area contributed by atoms with E-state index in [1.807, 2.05) is 152 Å². The number of anilines is 1. The summed E-state index contributed by atoms with van der Waals surface area (Å²) in [6, 6.07) is 47.2. The molecule has 6 aromatic rings. The number of carbonyl (C=O) groups excluding carboxylic acids is 5. The molecule has 2 N–H and O–H groups in total. The highest BCUT2D eigenvalue weighted by molar-refractivity contribution is 8.01. The first-order chi connectivity index (χ1) is 35.3. The molecule has 3 heterocycles. The zero-order valence-electron chi connectivity index (χ0n) is 40.3. The van der Waals surface area contributed by atoms with Gasteiger partial charge in [0.2, 0.25) is 6.61 Å². The first kappa shape index (κ1) is 51.1. The van der Waals surface area contributed by atoms with Crippen LogP contribution in [-0.4, -0.2) is 80.8 Å². The molecule has 2 aliphatic rings. The van der Waals surface area contributed by atoms with Gasteiger partial charge in [0.05, 0.1) is 6.61 Å². The molecule has 3 atom stereocenters. The van der Waals surface area contributed by atoms with Crippen molar-refractivity contribution in [3.05, 3.63) is 214 Å². The van der Waals surface area contributed by atoms with Crippen LogP contribution in [0.3, 0.4) is 0 Å². The van der Waals surface area contributed by atoms with Crippen LogP contribution < -0.4 is 10.6 Å². The lowest BCUT2D eigenvalue weighted by Crippen LogP contribution is -2.69. The van der Waals surface area contributed by atoms with Gasteiger partial charge >= 0.3 is 17.9 Å². The molecule has 2 aliphatic heterocycles. The van der Waals surface area contributed by atoms with Gasteiger partial charge in [-0.15, -0.1) is 23.1 Å². The molecular weight excluding hydrogens is 963 g/mol. The lowest BCUT2D eigenvalue weighted by atomic mass is 9.77. The van der Waals surface area contributed by atoms with Crippen LogP contribution in [0.25, 0.3) is 0 Å². The molecule has 1 fully saturated rings. The van der Waals surface area contributed by atoms with E-state index in [0.29, 0.717) is 10.7 Å². The molecule has 14 nitrogen and oxygen atoms in total. The fraction of sp³-hybridized carbons (Fsp3) is 0.211. The van der Waals surface area contributed by atoms with Crippen LogP contribution in [0.2, 0.25) is 0 Å². The van der Waals surface area contributed by atoms with Crippen LogP contribution >= 0.6 is 23.1 Å². The van der Waals surface area contributed by atoms with E-state index in [4.69, 9.17) is 24.0 Å². The van der Waals surface area contributed by atoms with E-state index in [0.717, 1.165) is 39.6 Å². The Morgan fingerprint density at radius 1 is 0.808 bits per heavy atom. The summed E-state index contributed by atoms with van der Waals surface area (Å²) in [7, 11) is 0.